The number of hydrogen-bond donors (Lipinski definition) is 3. The van der Waals surface area contributed by atoms with Crippen LogP contribution in [0, 0.1) is 5.41 Å². The van der Waals surface area contributed by atoms with Gasteiger partial charge in [-0.05, 0) is 0 Å². The molecule has 1 aliphatic rings. The molecule has 0 bridgehead atoms. The first-order valence-corrected chi connectivity index (χ1v) is 5.70. The van der Waals surface area contributed by atoms with Gasteiger partial charge in [-0.3, -0.25) is 9.98 Å². The molecule has 1 fully saturated rings. The Kier molecular flexibility index (Phi) is 2.72. The number of nitrogens with one attached hydrogen (secondary N) is 1. The second-order valence-corrected chi connectivity index (χ2v) is 4.34. The maximum atomic E-state index is 13.9. The van der Waals surface area contributed by atoms with Crippen LogP contribution in [-0.4, -0.2) is 48.5 Å². The monoisotopic (exact) mass is 269 g/mol. The Morgan fingerprint density at radius 1 is 1.47 bits per heavy atom. The van der Waals surface area contributed by atoms with E-state index < -0.39 is 18.5 Å². The van der Waals surface area contributed by atoms with Gasteiger partial charge < -0.3 is 15.1 Å². The number of fused-ring (bicyclic) bond motifs is 1. The quantitative estimate of drug-likeness (QED) is 0.641. The topological polar surface area (TPSA) is 109 Å². The molecule has 3 atom stereocenters. The van der Waals surface area contributed by atoms with E-state index in [4.69, 9.17) is 15.3 Å². The summed E-state index contributed by atoms with van der Waals surface area (Å²) >= 11 is 0. The zero-order valence-corrected chi connectivity index (χ0v) is 9.77. The van der Waals surface area contributed by atoms with E-state index in [1.54, 1.807) is 0 Å². The van der Waals surface area contributed by atoms with Crippen molar-refractivity contribution < 1.29 is 19.4 Å². The van der Waals surface area contributed by atoms with E-state index >= 15 is 0 Å². The molecule has 9 heteroatoms. The summed E-state index contributed by atoms with van der Waals surface area (Å²) in [5, 5.41) is 25.9. The number of rotatable bonds is 2. The fourth-order valence-corrected chi connectivity index (χ4v) is 2.17. The first-order valence-electron chi connectivity index (χ1n) is 5.70. The van der Waals surface area contributed by atoms with Crippen molar-refractivity contribution in [2.75, 3.05) is 6.61 Å². The van der Waals surface area contributed by atoms with Gasteiger partial charge in [0, 0.05) is 6.42 Å². The molecule has 2 aromatic heterocycles. The predicted molar refractivity (Wildman–Crippen MR) is 59.1 cm³/mol. The molecule has 0 unspecified atom stereocenters. The Morgan fingerprint density at radius 2 is 2.26 bits per heavy atom. The van der Waals surface area contributed by atoms with Crippen LogP contribution in [0.1, 0.15) is 12.6 Å². The molecule has 3 N–H and O–H groups in total. The van der Waals surface area contributed by atoms with Crippen LogP contribution in [0.5, 0.6) is 0 Å². The van der Waals surface area contributed by atoms with Gasteiger partial charge >= 0.3 is 0 Å². The van der Waals surface area contributed by atoms with Crippen LogP contribution in [-0.2, 0) is 4.74 Å². The Morgan fingerprint density at radius 3 is 2.95 bits per heavy atom. The van der Waals surface area contributed by atoms with E-state index in [2.05, 4.69) is 9.97 Å². The second-order valence-electron chi connectivity index (χ2n) is 4.34. The fourth-order valence-electron chi connectivity index (χ4n) is 2.17. The number of aliphatic hydroxyl groups excluding tert-OH is 1. The Balaban J connectivity index is 2.07. The smallest absolute Gasteiger partial charge is 0.192 e. The minimum atomic E-state index is -1.29. The minimum Gasteiger partial charge on any atom is -0.425 e. The number of aliphatic hydroxyl groups is 1. The van der Waals surface area contributed by atoms with E-state index in [9.17, 15) is 9.60 Å². The van der Waals surface area contributed by atoms with E-state index in [-0.39, 0.29) is 29.7 Å². The van der Waals surface area contributed by atoms with Gasteiger partial charge in [0.15, 0.2) is 22.9 Å². The van der Waals surface area contributed by atoms with Crippen LogP contribution in [0.25, 0.3) is 11.2 Å². The molecular formula is C10H12FN5O3. The SMILES string of the molecule is N=c1c2ncn([C@@H]3O[C@H](CO)C[C@H]3F)c2ncn1O. The second kappa shape index (κ2) is 4.28. The normalized spacial score (nSPS) is 27.2. The van der Waals surface area contributed by atoms with Gasteiger partial charge in [0.1, 0.15) is 12.5 Å². The maximum absolute atomic E-state index is 13.9. The first-order chi connectivity index (χ1) is 9.11. The van der Waals surface area contributed by atoms with Gasteiger partial charge in [0.2, 0.25) is 0 Å². The summed E-state index contributed by atoms with van der Waals surface area (Å²) < 4.78 is 21.2. The molecule has 1 saturated heterocycles. The van der Waals surface area contributed by atoms with Gasteiger partial charge in [0.05, 0.1) is 19.0 Å². The van der Waals surface area contributed by atoms with Gasteiger partial charge in [-0.2, -0.15) is 4.73 Å². The van der Waals surface area contributed by atoms with E-state index in [0.717, 1.165) is 6.33 Å². The third-order valence-electron chi connectivity index (χ3n) is 3.12. The van der Waals surface area contributed by atoms with Crippen molar-refractivity contribution in [1.82, 2.24) is 19.3 Å². The van der Waals surface area contributed by atoms with E-state index in [0.29, 0.717) is 4.73 Å². The summed E-state index contributed by atoms with van der Waals surface area (Å²) in [4.78, 5) is 7.85. The standard InChI is InChI=1S/C10H12FN5O3/c11-6-1-5(2-17)19-10(6)15-3-13-7-8(12)16(18)4-14-9(7)15/h3-6,10,12,17-18H,1-2H2/t5-,6+,10+/m0/s1. The highest BCUT2D eigenvalue weighted by Crippen LogP contribution is 2.32. The summed E-state index contributed by atoms with van der Waals surface area (Å²) in [7, 11) is 0. The summed E-state index contributed by atoms with van der Waals surface area (Å²) in [6.07, 6.45) is -0.321. The van der Waals surface area contributed by atoms with Crippen molar-refractivity contribution >= 4 is 11.2 Å². The highest BCUT2D eigenvalue weighted by atomic mass is 19.1. The average Bonchev–Trinajstić information content (AvgIpc) is 2.97. The highest BCUT2D eigenvalue weighted by Gasteiger charge is 2.37. The molecule has 2 aromatic rings. The van der Waals surface area contributed by atoms with Gasteiger partial charge in [0.25, 0.3) is 0 Å². The molecule has 3 rings (SSSR count). The van der Waals surface area contributed by atoms with Crippen molar-refractivity contribution in [2.24, 2.45) is 0 Å². The van der Waals surface area contributed by atoms with Crippen LogP contribution >= 0.6 is 0 Å². The molecule has 19 heavy (non-hydrogen) atoms. The Labute approximate surface area is 106 Å². The average molecular weight is 269 g/mol. The lowest BCUT2D eigenvalue weighted by molar-refractivity contribution is -0.0351. The van der Waals surface area contributed by atoms with Crippen LogP contribution in [0.2, 0.25) is 0 Å². The molecule has 0 spiro atoms. The fraction of sp³-hybridized carbons (Fsp3) is 0.500. The molecule has 102 valence electrons. The Hall–Kier alpha value is -2.00. The molecule has 8 nitrogen and oxygen atoms in total. The number of imidazole rings is 1. The van der Waals surface area contributed by atoms with Crippen LogP contribution < -0.4 is 5.49 Å². The largest absolute Gasteiger partial charge is 0.425 e. The van der Waals surface area contributed by atoms with Crippen LogP contribution in [0.4, 0.5) is 4.39 Å². The lowest BCUT2D eigenvalue weighted by atomic mass is 10.2. The van der Waals surface area contributed by atoms with E-state index in [1.165, 1.54) is 10.9 Å². The van der Waals surface area contributed by atoms with Gasteiger partial charge in [-0.25, -0.2) is 14.4 Å². The number of ether oxygens (including phenoxy) is 1. The van der Waals surface area contributed by atoms with Crippen LogP contribution in [0.3, 0.4) is 0 Å². The highest BCUT2D eigenvalue weighted by molar-refractivity contribution is 5.68. The lowest BCUT2D eigenvalue weighted by Gasteiger charge is -2.15. The third kappa shape index (κ3) is 1.78. The predicted octanol–water partition coefficient (Wildman–Crippen LogP) is -0.433. The zero-order valence-electron chi connectivity index (χ0n) is 9.77. The number of halogens is 1. The molecule has 0 aliphatic carbocycles. The Bertz CT molecular complexity index is 669. The van der Waals surface area contributed by atoms with E-state index in [1.807, 2.05) is 0 Å². The van der Waals surface area contributed by atoms with Crippen LogP contribution in [0.15, 0.2) is 12.7 Å². The molecular weight excluding hydrogens is 257 g/mol. The van der Waals surface area contributed by atoms with Gasteiger partial charge in [-0.1, -0.05) is 0 Å². The summed E-state index contributed by atoms with van der Waals surface area (Å²) in [5.74, 6) is 0. The number of aromatic nitrogens is 4. The minimum absolute atomic E-state index is 0.0986. The first kappa shape index (κ1) is 12.1. The molecule has 1 aliphatic heterocycles. The van der Waals surface area contributed by atoms with Crippen molar-refractivity contribution in [3.8, 4) is 0 Å². The number of nitrogens with zero attached hydrogens (tertiary/aromatic N) is 4. The van der Waals surface area contributed by atoms with Crippen molar-refractivity contribution in [3.05, 3.63) is 18.1 Å². The number of alkyl halides is 1. The maximum Gasteiger partial charge on any atom is 0.192 e. The molecule has 3 heterocycles. The van der Waals surface area contributed by atoms with Crippen molar-refractivity contribution in [2.45, 2.75) is 24.9 Å². The zero-order chi connectivity index (χ0) is 13.6. The molecule has 0 amide bonds. The van der Waals surface area contributed by atoms with Gasteiger partial charge in [-0.15, -0.1) is 0 Å². The van der Waals surface area contributed by atoms with Crippen molar-refractivity contribution in [1.29, 1.82) is 5.41 Å². The molecule has 0 radical (unpaired) electrons. The summed E-state index contributed by atoms with van der Waals surface area (Å²) in [6.45, 7) is -0.253. The molecule has 0 aromatic carbocycles. The number of hydrogen-bond acceptors (Lipinski definition) is 6. The molecule has 0 saturated carbocycles. The summed E-state index contributed by atoms with van der Waals surface area (Å²) in [5.41, 5.74) is 0.158. The third-order valence-corrected chi connectivity index (χ3v) is 3.12. The summed E-state index contributed by atoms with van der Waals surface area (Å²) in [6, 6.07) is 0. The van der Waals surface area contributed by atoms with Crippen molar-refractivity contribution in [3.63, 3.8) is 0 Å². The lowest BCUT2D eigenvalue weighted by Crippen LogP contribution is -2.21.